The van der Waals surface area contributed by atoms with Gasteiger partial charge >= 0.3 is 5.97 Å². The van der Waals surface area contributed by atoms with Crippen molar-refractivity contribution in [2.45, 2.75) is 6.61 Å². The third kappa shape index (κ3) is 4.48. The number of methoxy groups -OCH3 is 1. The summed E-state index contributed by atoms with van der Waals surface area (Å²) >= 11 is 0. The van der Waals surface area contributed by atoms with E-state index in [1.807, 2.05) is 0 Å². The van der Waals surface area contributed by atoms with Crippen LogP contribution in [0.3, 0.4) is 0 Å². The zero-order chi connectivity index (χ0) is 16.7. The van der Waals surface area contributed by atoms with Crippen molar-refractivity contribution in [2.24, 2.45) is 0 Å². The molecule has 0 fully saturated rings. The molecule has 5 heteroatoms. The summed E-state index contributed by atoms with van der Waals surface area (Å²) in [5, 5.41) is 0. The molecule has 2 rings (SSSR count). The molecule has 23 heavy (non-hydrogen) atoms. The number of hydrogen-bond acceptors (Lipinski definition) is 4. The molecule has 0 unspecified atom stereocenters. The molecule has 4 nitrogen and oxygen atoms in total. The first-order chi connectivity index (χ1) is 11.1. The van der Waals surface area contributed by atoms with Gasteiger partial charge in [0.15, 0.2) is 18.1 Å². The molecular formula is C18H15FO4. The molecule has 0 saturated carbocycles. The van der Waals surface area contributed by atoms with E-state index >= 15 is 0 Å². The Labute approximate surface area is 133 Å². The van der Waals surface area contributed by atoms with E-state index in [2.05, 4.69) is 5.92 Å². The first-order valence-electron chi connectivity index (χ1n) is 6.80. The van der Waals surface area contributed by atoms with E-state index in [4.69, 9.17) is 20.6 Å². The van der Waals surface area contributed by atoms with Crippen molar-refractivity contribution in [1.82, 2.24) is 0 Å². The Hall–Kier alpha value is -3.00. The normalized spacial score (nSPS) is 9.78. The Kier molecular flexibility index (Phi) is 5.59. The van der Waals surface area contributed by atoms with Crippen LogP contribution in [0.1, 0.15) is 15.9 Å². The average molecular weight is 314 g/mol. The second-order valence-electron chi connectivity index (χ2n) is 4.56. The quantitative estimate of drug-likeness (QED) is 0.607. The van der Waals surface area contributed by atoms with Crippen molar-refractivity contribution in [2.75, 3.05) is 13.7 Å². The van der Waals surface area contributed by atoms with Crippen LogP contribution < -0.4 is 9.47 Å². The van der Waals surface area contributed by atoms with Crippen LogP contribution in [0.25, 0.3) is 0 Å². The Bertz CT molecular complexity index is 734. The number of carbonyl (C=O) groups excluding carboxylic acids is 1. The number of benzene rings is 2. The third-order valence-corrected chi connectivity index (χ3v) is 2.97. The predicted octanol–water partition coefficient (Wildman–Crippen LogP) is 3.20. The van der Waals surface area contributed by atoms with Crippen molar-refractivity contribution in [3.05, 3.63) is 59.4 Å². The minimum absolute atomic E-state index is 0.107. The van der Waals surface area contributed by atoms with Gasteiger partial charge in [0.25, 0.3) is 0 Å². The van der Waals surface area contributed by atoms with Crippen LogP contribution in [-0.4, -0.2) is 19.7 Å². The maximum absolute atomic E-state index is 13.2. The summed E-state index contributed by atoms with van der Waals surface area (Å²) in [6, 6.07) is 10.7. The van der Waals surface area contributed by atoms with Crippen LogP contribution in [0.2, 0.25) is 0 Å². The molecular weight excluding hydrogens is 299 g/mol. The first-order valence-corrected chi connectivity index (χ1v) is 6.80. The topological polar surface area (TPSA) is 44.8 Å². The van der Waals surface area contributed by atoms with Gasteiger partial charge in [-0.25, -0.2) is 9.18 Å². The highest BCUT2D eigenvalue weighted by molar-refractivity contribution is 5.90. The van der Waals surface area contributed by atoms with Gasteiger partial charge < -0.3 is 14.2 Å². The molecule has 0 saturated heterocycles. The summed E-state index contributed by atoms with van der Waals surface area (Å²) in [7, 11) is 1.49. The Morgan fingerprint density at radius 2 is 2.04 bits per heavy atom. The number of terminal acetylenes is 1. The molecule has 0 atom stereocenters. The minimum atomic E-state index is -0.554. The second kappa shape index (κ2) is 7.85. The minimum Gasteiger partial charge on any atom is -0.493 e. The number of esters is 1. The summed E-state index contributed by atoms with van der Waals surface area (Å²) in [5.41, 5.74) is 0.947. The summed E-state index contributed by atoms with van der Waals surface area (Å²) in [6.45, 7) is 0.0291. The summed E-state index contributed by atoms with van der Waals surface area (Å²) in [4.78, 5) is 11.8. The van der Waals surface area contributed by atoms with E-state index < -0.39 is 5.97 Å². The third-order valence-electron chi connectivity index (χ3n) is 2.97. The lowest BCUT2D eigenvalue weighted by Crippen LogP contribution is -2.06. The molecule has 0 spiro atoms. The Balaban J connectivity index is 2.15. The van der Waals surface area contributed by atoms with E-state index in [9.17, 15) is 9.18 Å². The van der Waals surface area contributed by atoms with Gasteiger partial charge in [0.1, 0.15) is 12.4 Å². The standard InChI is InChI=1S/C18H15FO4/c1-3-9-22-18(20)14-7-8-16(21-2)17(11-14)23-12-13-5-4-6-15(19)10-13/h1,4-8,10-11H,9,12H2,2H3. The lowest BCUT2D eigenvalue weighted by Gasteiger charge is -2.12. The molecule has 0 bridgehead atoms. The fourth-order valence-corrected chi connectivity index (χ4v) is 1.89. The largest absolute Gasteiger partial charge is 0.493 e. The summed E-state index contributed by atoms with van der Waals surface area (Å²) < 4.78 is 28.8. The molecule has 0 aliphatic carbocycles. The number of ether oxygens (including phenoxy) is 3. The van der Waals surface area contributed by atoms with E-state index in [1.54, 1.807) is 24.3 Å². The van der Waals surface area contributed by atoms with Crippen molar-refractivity contribution in [3.63, 3.8) is 0 Å². The van der Waals surface area contributed by atoms with Crippen LogP contribution in [0.15, 0.2) is 42.5 Å². The van der Waals surface area contributed by atoms with Crippen LogP contribution in [0.5, 0.6) is 11.5 Å². The van der Waals surface area contributed by atoms with Crippen molar-refractivity contribution in [3.8, 4) is 23.8 Å². The fraction of sp³-hybridized carbons (Fsp3) is 0.167. The smallest absolute Gasteiger partial charge is 0.339 e. The molecule has 0 aromatic heterocycles. The van der Waals surface area contributed by atoms with Crippen molar-refractivity contribution < 1.29 is 23.4 Å². The number of rotatable bonds is 6. The van der Waals surface area contributed by atoms with E-state index in [0.29, 0.717) is 17.1 Å². The highest BCUT2D eigenvalue weighted by Gasteiger charge is 2.12. The van der Waals surface area contributed by atoms with Crippen LogP contribution >= 0.6 is 0 Å². The molecule has 2 aromatic rings. The molecule has 0 radical (unpaired) electrons. The van der Waals surface area contributed by atoms with E-state index in [-0.39, 0.29) is 24.6 Å². The number of halogens is 1. The SMILES string of the molecule is C#CCOC(=O)c1ccc(OC)c(OCc2cccc(F)c2)c1. The van der Waals surface area contributed by atoms with Gasteiger partial charge in [-0.15, -0.1) is 6.42 Å². The second-order valence-corrected chi connectivity index (χ2v) is 4.56. The van der Waals surface area contributed by atoms with E-state index in [1.165, 1.54) is 25.3 Å². The van der Waals surface area contributed by atoms with Gasteiger partial charge in [-0.1, -0.05) is 18.1 Å². The highest BCUT2D eigenvalue weighted by Crippen LogP contribution is 2.29. The average Bonchev–Trinajstić information content (AvgIpc) is 2.57. The molecule has 0 aliphatic heterocycles. The van der Waals surface area contributed by atoms with Crippen LogP contribution in [0.4, 0.5) is 4.39 Å². The monoisotopic (exact) mass is 314 g/mol. The van der Waals surface area contributed by atoms with Gasteiger partial charge in [-0.05, 0) is 35.9 Å². The van der Waals surface area contributed by atoms with Crippen LogP contribution in [0, 0.1) is 18.2 Å². The van der Waals surface area contributed by atoms with Gasteiger partial charge in [-0.3, -0.25) is 0 Å². The van der Waals surface area contributed by atoms with Gasteiger partial charge in [0.05, 0.1) is 12.7 Å². The summed E-state index contributed by atoms with van der Waals surface area (Å²) in [5.74, 6) is 2.13. The number of hydrogen-bond donors (Lipinski definition) is 0. The predicted molar refractivity (Wildman–Crippen MR) is 82.8 cm³/mol. The summed E-state index contributed by atoms with van der Waals surface area (Å²) in [6.07, 6.45) is 5.05. The molecule has 0 N–H and O–H groups in total. The molecule has 0 heterocycles. The number of carbonyl (C=O) groups is 1. The highest BCUT2D eigenvalue weighted by atomic mass is 19.1. The first kappa shape index (κ1) is 16.4. The van der Waals surface area contributed by atoms with Crippen molar-refractivity contribution >= 4 is 5.97 Å². The maximum Gasteiger partial charge on any atom is 0.339 e. The lowest BCUT2D eigenvalue weighted by atomic mass is 10.2. The lowest BCUT2D eigenvalue weighted by molar-refractivity contribution is 0.0556. The van der Waals surface area contributed by atoms with Gasteiger partial charge in [0, 0.05) is 0 Å². The molecule has 118 valence electrons. The molecule has 0 aliphatic rings. The van der Waals surface area contributed by atoms with E-state index in [0.717, 1.165) is 0 Å². The zero-order valence-electron chi connectivity index (χ0n) is 12.5. The fourth-order valence-electron chi connectivity index (χ4n) is 1.89. The zero-order valence-corrected chi connectivity index (χ0v) is 12.5. The van der Waals surface area contributed by atoms with Gasteiger partial charge in [0.2, 0.25) is 0 Å². The van der Waals surface area contributed by atoms with Crippen LogP contribution in [-0.2, 0) is 11.3 Å². The molecule has 0 amide bonds. The van der Waals surface area contributed by atoms with Gasteiger partial charge in [-0.2, -0.15) is 0 Å². The Morgan fingerprint density at radius 1 is 1.22 bits per heavy atom. The molecule has 2 aromatic carbocycles. The maximum atomic E-state index is 13.2. The van der Waals surface area contributed by atoms with Crippen molar-refractivity contribution in [1.29, 1.82) is 0 Å². The Morgan fingerprint density at radius 3 is 2.74 bits per heavy atom.